The molecular weight excluding hydrogens is 240 g/mol. The van der Waals surface area contributed by atoms with E-state index in [4.69, 9.17) is 0 Å². The molecule has 0 aliphatic heterocycles. The van der Waals surface area contributed by atoms with E-state index in [1.807, 2.05) is 0 Å². The quantitative estimate of drug-likeness (QED) is 0.558. The molecule has 0 heteroatoms. The topological polar surface area (TPSA) is 0 Å². The summed E-state index contributed by atoms with van der Waals surface area (Å²) in [4.78, 5) is 0. The van der Waals surface area contributed by atoms with Gasteiger partial charge in [-0.05, 0) is 47.2 Å². The van der Waals surface area contributed by atoms with Gasteiger partial charge in [-0.25, -0.2) is 0 Å². The molecule has 0 amide bonds. The molecule has 0 aromatic heterocycles. The molecule has 3 aromatic rings. The van der Waals surface area contributed by atoms with Crippen LogP contribution in [-0.4, -0.2) is 0 Å². The zero-order valence-corrected chi connectivity index (χ0v) is 11.9. The molecule has 98 valence electrons. The van der Waals surface area contributed by atoms with Crippen LogP contribution in [0, 0.1) is 13.8 Å². The first-order chi connectivity index (χ1) is 9.75. The van der Waals surface area contributed by atoms with Crippen LogP contribution in [0.2, 0.25) is 0 Å². The summed E-state index contributed by atoms with van der Waals surface area (Å²) in [7, 11) is 0. The molecule has 0 unspecified atom stereocenters. The van der Waals surface area contributed by atoms with Crippen molar-refractivity contribution in [2.75, 3.05) is 0 Å². The largest absolute Gasteiger partial charge is 0.0622 e. The molecule has 0 radical (unpaired) electrons. The fraction of sp³-hybridized carbons (Fsp3) is 0.100. The van der Waals surface area contributed by atoms with Gasteiger partial charge in [0.1, 0.15) is 0 Å². The van der Waals surface area contributed by atoms with Crippen molar-refractivity contribution in [1.82, 2.24) is 0 Å². The Morgan fingerprint density at radius 1 is 0.500 bits per heavy atom. The summed E-state index contributed by atoms with van der Waals surface area (Å²) < 4.78 is 0. The maximum atomic E-state index is 2.30. The van der Waals surface area contributed by atoms with Crippen LogP contribution >= 0.6 is 0 Å². The lowest BCUT2D eigenvalue weighted by Gasteiger charge is -2.13. The molecule has 20 heavy (non-hydrogen) atoms. The average Bonchev–Trinajstić information content (AvgIpc) is 2.51. The summed E-state index contributed by atoms with van der Waals surface area (Å²) >= 11 is 0. The lowest BCUT2D eigenvalue weighted by atomic mass is 9.92. The van der Waals surface area contributed by atoms with Crippen molar-refractivity contribution in [1.29, 1.82) is 0 Å². The minimum Gasteiger partial charge on any atom is -0.0622 e. The highest BCUT2D eigenvalue weighted by atomic mass is 14.1. The highest BCUT2D eigenvalue weighted by Crippen LogP contribution is 2.31. The molecule has 3 rings (SSSR count). The van der Waals surface area contributed by atoms with E-state index in [-0.39, 0.29) is 0 Å². The Labute approximate surface area is 120 Å². The van der Waals surface area contributed by atoms with E-state index < -0.39 is 0 Å². The number of benzene rings is 3. The van der Waals surface area contributed by atoms with Crippen molar-refractivity contribution in [3.05, 3.63) is 83.9 Å². The van der Waals surface area contributed by atoms with Crippen LogP contribution in [-0.2, 0) is 0 Å². The van der Waals surface area contributed by atoms with Crippen LogP contribution in [0.3, 0.4) is 0 Å². The molecule has 0 saturated carbocycles. The van der Waals surface area contributed by atoms with Gasteiger partial charge < -0.3 is 0 Å². The van der Waals surface area contributed by atoms with E-state index in [1.165, 1.54) is 33.4 Å². The molecule has 0 N–H and O–H groups in total. The second kappa shape index (κ2) is 5.34. The standard InChI is InChI=1S/C20H18/c1-15-13-20(18-11-7-4-8-12-18)16(2)14-19(15)17-9-5-3-6-10-17/h3-14H,1-2H3. The van der Waals surface area contributed by atoms with Gasteiger partial charge in [-0.2, -0.15) is 0 Å². The third-order valence-electron chi connectivity index (χ3n) is 3.74. The number of aryl methyl sites for hydroxylation is 2. The molecule has 0 bridgehead atoms. The van der Waals surface area contributed by atoms with Crippen LogP contribution in [0.25, 0.3) is 22.3 Å². The van der Waals surface area contributed by atoms with E-state index in [0.717, 1.165) is 0 Å². The Kier molecular flexibility index (Phi) is 3.39. The third-order valence-corrected chi connectivity index (χ3v) is 3.74. The molecule has 0 heterocycles. The fourth-order valence-corrected chi connectivity index (χ4v) is 2.67. The van der Waals surface area contributed by atoms with Gasteiger partial charge in [0.05, 0.1) is 0 Å². The van der Waals surface area contributed by atoms with Gasteiger partial charge in [0.2, 0.25) is 0 Å². The monoisotopic (exact) mass is 258 g/mol. The minimum absolute atomic E-state index is 1.28. The molecule has 0 nitrogen and oxygen atoms in total. The summed E-state index contributed by atoms with van der Waals surface area (Å²) in [6.07, 6.45) is 0. The summed E-state index contributed by atoms with van der Waals surface area (Å²) in [5.74, 6) is 0. The van der Waals surface area contributed by atoms with Crippen molar-refractivity contribution in [3.8, 4) is 22.3 Å². The predicted molar refractivity (Wildman–Crippen MR) is 86.8 cm³/mol. The van der Waals surface area contributed by atoms with Crippen LogP contribution < -0.4 is 0 Å². The van der Waals surface area contributed by atoms with Gasteiger partial charge in [-0.1, -0.05) is 72.8 Å². The van der Waals surface area contributed by atoms with Crippen molar-refractivity contribution in [2.45, 2.75) is 13.8 Å². The molecule has 0 aliphatic carbocycles. The molecular formula is C20H18. The molecule has 3 aromatic carbocycles. The first-order valence-electron chi connectivity index (χ1n) is 6.98. The molecule has 0 spiro atoms. The van der Waals surface area contributed by atoms with Gasteiger partial charge in [0.15, 0.2) is 0 Å². The van der Waals surface area contributed by atoms with Gasteiger partial charge in [-0.3, -0.25) is 0 Å². The van der Waals surface area contributed by atoms with Gasteiger partial charge in [-0.15, -0.1) is 0 Å². The van der Waals surface area contributed by atoms with Gasteiger partial charge >= 0.3 is 0 Å². The average molecular weight is 258 g/mol. The minimum atomic E-state index is 1.28. The van der Waals surface area contributed by atoms with Crippen LogP contribution in [0.15, 0.2) is 72.8 Å². The van der Waals surface area contributed by atoms with Crippen molar-refractivity contribution < 1.29 is 0 Å². The summed E-state index contributed by atoms with van der Waals surface area (Å²) in [6, 6.07) is 25.8. The summed E-state index contributed by atoms with van der Waals surface area (Å²) in [5.41, 5.74) is 7.85. The normalized spacial score (nSPS) is 10.5. The zero-order valence-electron chi connectivity index (χ0n) is 11.9. The molecule has 0 fully saturated rings. The molecule has 0 saturated heterocycles. The van der Waals surface area contributed by atoms with E-state index in [1.54, 1.807) is 0 Å². The van der Waals surface area contributed by atoms with Crippen molar-refractivity contribution in [3.63, 3.8) is 0 Å². The van der Waals surface area contributed by atoms with E-state index in [2.05, 4.69) is 86.6 Å². The smallest absolute Gasteiger partial charge is 0.0152 e. The lowest BCUT2D eigenvalue weighted by molar-refractivity contribution is 1.39. The fourth-order valence-electron chi connectivity index (χ4n) is 2.67. The maximum Gasteiger partial charge on any atom is -0.0152 e. The lowest BCUT2D eigenvalue weighted by Crippen LogP contribution is -1.89. The number of rotatable bonds is 2. The SMILES string of the molecule is Cc1cc(-c2ccccc2)c(C)cc1-c1ccccc1. The van der Waals surface area contributed by atoms with E-state index >= 15 is 0 Å². The van der Waals surface area contributed by atoms with Crippen molar-refractivity contribution >= 4 is 0 Å². The zero-order chi connectivity index (χ0) is 13.9. The second-order valence-corrected chi connectivity index (χ2v) is 5.21. The first-order valence-corrected chi connectivity index (χ1v) is 6.98. The first kappa shape index (κ1) is 12.7. The molecule has 0 aliphatic rings. The summed E-state index contributed by atoms with van der Waals surface area (Å²) in [5, 5.41) is 0. The Balaban J connectivity index is 2.13. The Bertz CT molecular complexity index is 645. The van der Waals surface area contributed by atoms with Crippen molar-refractivity contribution in [2.24, 2.45) is 0 Å². The van der Waals surface area contributed by atoms with Gasteiger partial charge in [0.25, 0.3) is 0 Å². The van der Waals surface area contributed by atoms with Crippen LogP contribution in [0.5, 0.6) is 0 Å². The third kappa shape index (κ3) is 2.37. The number of hydrogen-bond acceptors (Lipinski definition) is 0. The van der Waals surface area contributed by atoms with Gasteiger partial charge in [0, 0.05) is 0 Å². The van der Waals surface area contributed by atoms with E-state index in [0.29, 0.717) is 0 Å². The maximum absolute atomic E-state index is 2.30. The highest BCUT2D eigenvalue weighted by molar-refractivity contribution is 5.76. The second-order valence-electron chi connectivity index (χ2n) is 5.21. The Morgan fingerprint density at radius 3 is 1.20 bits per heavy atom. The number of hydrogen-bond donors (Lipinski definition) is 0. The Hall–Kier alpha value is -2.34. The van der Waals surface area contributed by atoms with Crippen LogP contribution in [0.4, 0.5) is 0 Å². The molecule has 0 atom stereocenters. The van der Waals surface area contributed by atoms with E-state index in [9.17, 15) is 0 Å². The van der Waals surface area contributed by atoms with Crippen LogP contribution in [0.1, 0.15) is 11.1 Å². The Morgan fingerprint density at radius 2 is 0.850 bits per heavy atom. The highest BCUT2D eigenvalue weighted by Gasteiger charge is 2.07. The summed E-state index contributed by atoms with van der Waals surface area (Å²) in [6.45, 7) is 4.38. The predicted octanol–water partition coefficient (Wildman–Crippen LogP) is 5.64.